The van der Waals surface area contributed by atoms with Gasteiger partial charge in [0.05, 0.1) is 33.0 Å². The molecule has 4 nitrogen and oxygen atoms in total. The number of methoxy groups -OCH3 is 3. The van der Waals surface area contributed by atoms with Crippen molar-refractivity contribution >= 4 is 11.0 Å². The van der Waals surface area contributed by atoms with Crippen LogP contribution in [0.15, 0.2) is 16.7 Å². The Balaban J connectivity index is 2.85. The summed E-state index contributed by atoms with van der Waals surface area (Å²) in [5.41, 5.74) is 1.74. The van der Waals surface area contributed by atoms with Crippen LogP contribution in [0.3, 0.4) is 0 Å². The number of fused-ring (bicyclic) bond motifs is 1. The van der Waals surface area contributed by atoms with E-state index >= 15 is 0 Å². The summed E-state index contributed by atoms with van der Waals surface area (Å²) in [6.07, 6.45) is 1.69. The van der Waals surface area contributed by atoms with Gasteiger partial charge in [0.25, 0.3) is 0 Å². The van der Waals surface area contributed by atoms with E-state index < -0.39 is 0 Å². The molecule has 2 aromatic rings. The van der Waals surface area contributed by atoms with Crippen molar-refractivity contribution in [1.29, 1.82) is 0 Å². The highest BCUT2D eigenvalue weighted by atomic mass is 16.5. The molecule has 1 aromatic heterocycles. The van der Waals surface area contributed by atoms with Crippen LogP contribution in [-0.4, -0.2) is 21.3 Å². The zero-order chi connectivity index (χ0) is 11.7. The average molecular weight is 222 g/mol. The summed E-state index contributed by atoms with van der Waals surface area (Å²) < 4.78 is 21.3. The Hall–Kier alpha value is -1.84. The van der Waals surface area contributed by atoms with Gasteiger partial charge in [0.2, 0.25) is 5.75 Å². The first-order chi connectivity index (χ1) is 7.72. The molecule has 0 fully saturated rings. The zero-order valence-corrected chi connectivity index (χ0v) is 9.79. The highest BCUT2D eigenvalue weighted by Crippen LogP contribution is 2.44. The number of hydrogen-bond acceptors (Lipinski definition) is 4. The molecule has 2 rings (SSSR count). The van der Waals surface area contributed by atoms with Gasteiger partial charge >= 0.3 is 0 Å². The van der Waals surface area contributed by atoms with Gasteiger partial charge in [-0.2, -0.15) is 0 Å². The summed E-state index contributed by atoms with van der Waals surface area (Å²) in [4.78, 5) is 0. The van der Waals surface area contributed by atoms with Gasteiger partial charge in [-0.3, -0.25) is 0 Å². The molecular weight excluding hydrogens is 208 g/mol. The maximum absolute atomic E-state index is 5.42. The van der Waals surface area contributed by atoms with E-state index in [2.05, 4.69) is 0 Å². The summed E-state index contributed by atoms with van der Waals surface area (Å²) in [5.74, 6) is 1.83. The highest BCUT2D eigenvalue weighted by molar-refractivity contribution is 5.92. The third-order valence-electron chi connectivity index (χ3n) is 2.55. The molecule has 0 saturated heterocycles. The standard InChI is InChI=1S/C12H14O4/c1-7-6-16-8-5-9(13-2)11(14-3)12(15-4)10(7)8/h5-6H,1-4H3. The minimum Gasteiger partial charge on any atom is -0.493 e. The van der Waals surface area contributed by atoms with Crippen molar-refractivity contribution in [2.75, 3.05) is 21.3 Å². The van der Waals surface area contributed by atoms with Crippen molar-refractivity contribution in [2.24, 2.45) is 0 Å². The fourth-order valence-corrected chi connectivity index (χ4v) is 1.81. The summed E-state index contributed by atoms with van der Waals surface area (Å²) in [7, 11) is 4.77. The Morgan fingerprint density at radius 3 is 2.25 bits per heavy atom. The predicted molar refractivity (Wildman–Crippen MR) is 60.6 cm³/mol. The van der Waals surface area contributed by atoms with Crippen LogP contribution in [0.1, 0.15) is 5.56 Å². The topological polar surface area (TPSA) is 40.8 Å². The van der Waals surface area contributed by atoms with Crippen LogP contribution < -0.4 is 14.2 Å². The van der Waals surface area contributed by atoms with Crippen molar-refractivity contribution in [3.63, 3.8) is 0 Å². The summed E-state index contributed by atoms with van der Waals surface area (Å²) >= 11 is 0. The number of rotatable bonds is 3. The van der Waals surface area contributed by atoms with Crippen LogP contribution in [-0.2, 0) is 0 Å². The van der Waals surface area contributed by atoms with Crippen molar-refractivity contribution < 1.29 is 18.6 Å². The molecule has 0 radical (unpaired) electrons. The normalized spacial score (nSPS) is 10.5. The van der Waals surface area contributed by atoms with E-state index in [-0.39, 0.29) is 0 Å². The monoisotopic (exact) mass is 222 g/mol. The molecule has 0 atom stereocenters. The van der Waals surface area contributed by atoms with Crippen LogP contribution in [0, 0.1) is 6.92 Å². The second-order valence-electron chi connectivity index (χ2n) is 3.44. The molecule has 0 aliphatic rings. The second kappa shape index (κ2) is 3.96. The van der Waals surface area contributed by atoms with Gasteiger partial charge in [0.15, 0.2) is 11.5 Å². The van der Waals surface area contributed by atoms with Gasteiger partial charge in [-0.15, -0.1) is 0 Å². The Kier molecular flexibility index (Phi) is 2.64. The van der Waals surface area contributed by atoms with Gasteiger partial charge in [0.1, 0.15) is 5.58 Å². The fraction of sp³-hybridized carbons (Fsp3) is 0.333. The van der Waals surface area contributed by atoms with E-state index in [9.17, 15) is 0 Å². The molecule has 0 amide bonds. The van der Waals surface area contributed by atoms with Crippen LogP contribution in [0.25, 0.3) is 11.0 Å². The summed E-state index contributed by atoms with van der Waals surface area (Å²) in [6.45, 7) is 1.96. The molecule has 1 aromatic carbocycles. The van der Waals surface area contributed by atoms with E-state index in [0.29, 0.717) is 17.2 Å². The Morgan fingerprint density at radius 1 is 1.00 bits per heavy atom. The van der Waals surface area contributed by atoms with Crippen molar-refractivity contribution in [1.82, 2.24) is 0 Å². The Bertz CT molecular complexity index is 513. The van der Waals surface area contributed by atoms with Gasteiger partial charge in [-0.25, -0.2) is 0 Å². The molecule has 0 spiro atoms. The number of ether oxygens (including phenoxy) is 3. The van der Waals surface area contributed by atoms with Crippen molar-refractivity contribution in [2.45, 2.75) is 6.92 Å². The van der Waals surface area contributed by atoms with Crippen LogP contribution >= 0.6 is 0 Å². The van der Waals surface area contributed by atoms with Crippen LogP contribution in [0.4, 0.5) is 0 Å². The highest BCUT2D eigenvalue weighted by Gasteiger charge is 2.19. The van der Waals surface area contributed by atoms with E-state index in [1.165, 1.54) is 0 Å². The first-order valence-corrected chi connectivity index (χ1v) is 4.89. The lowest BCUT2D eigenvalue weighted by molar-refractivity contribution is 0.326. The zero-order valence-electron chi connectivity index (χ0n) is 9.79. The van der Waals surface area contributed by atoms with Crippen molar-refractivity contribution in [3.05, 3.63) is 17.9 Å². The van der Waals surface area contributed by atoms with E-state index in [0.717, 1.165) is 16.5 Å². The van der Waals surface area contributed by atoms with Crippen molar-refractivity contribution in [3.8, 4) is 17.2 Å². The molecule has 0 aliphatic heterocycles. The fourth-order valence-electron chi connectivity index (χ4n) is 1.81. The summed E-state index contributed by atoms with van der Waals surface area (Å²) in [5, 5.41) is 0.917. The maximum Gasteiger partial charge on any atom is 0.204 e. The predicted octanol–water partition coefficient (Wildman–Crippen LogP) is 2.77. The van der Waals surface area contributed by atoms with Crippen LogP contribution in [0.5, 0.6) is 17.2 Å². The Labute approximate surface area is 93.7 Å². The largest absolute Gasteiger partial charge is 0.493 e. The Morgan fingerprint density at radius 2 is 1.69 bits per heavy atom. The smallest absolute Gasteiger partial charge is 0.204 e. The van der Waals surface area contributed by atoms with E-state index in [1.807, 2.05) is 6.92 Å². The molecule has 0 aliphatic carbocycles. The lowest BCUT2D eigenvalue weighted by atomic mass is 10.1. The molecule has 86 valence electrons. The number of benzene rings is 1. The van der Waals surface area contributed by atoms with E-state index in [4.69, 9.17) is 18.6 Å². The molecule has 1 heterocycles. The van der Waals surface area contributed by atoms with Gasteiger partial charge < -0.3 is 18.6 Å². The van der Waals surface area contributed by atoms with Crippen LogP contribution in [0.2, 0.25) is 0 Å². The minimum atomic E-state index is 0.585. The SMILES string of the molecule is COc1cc2occ(C)c2c(OC)c1OC. The quantitative estimate of drug-likeness (QED) is 0.800. The third-order valence-corrected chi connectivity index (χ3v) is 2.55. The molecule has 0 N–H and O–H groups in total. The molecular formula is C12H14O4. The molecule has 0 saturated carbocycles. The average Bonchev–Trinajstić information content (AvgIpc) is 2.68. The number of furan rings is 1. The first kappa shape index (κ1) is 10.7. The van der Waals surface area contributed by atoms with E-state index in [1.54, 1.807) is 33.7 Å². The number of hydrogen-bond donors (Lipinski definition) is 0. The number of aryl methyl sites for hydroxylation is 1. The maximum atomic E-state index is 5.42. The van der Waals surface area contributed by atoms with Gasteiger partial charge in [0, 0.05) is 6.07 Å². The minimum absolute atomic E-state index is 0.585. The van der Waals surface area contributed by atoms with Gasteiger partial charge in [-0.05, 0) is 12.5 Å². The molecule has 4 heteroatoms. The molecule has 0 unspecified atom stereocenters. The second-order valence-corrected chi connectivity index (χ2v) is 3.44. The summed E-state index contributed by atoms with van der Waals surface area (Å²) in [6, 6.07) is 1.80. The lowest BCUT2D eigenvalue weighted by Gasteiger charge is -2.12. The molecule has 0 bridgehead atoms. The first-order valence-electron chi connectivity index (χ1n) is 4.89. The molecule has 16 heavy (non-hydrogen) atoms. The van der Waals surface area contributed by atoms with Gasteiger partial charge in [-0.1, -0.05) is 0 Å². The lowest BCUT2D eigenvalue weighted by Crippen LogP contribution is -1.95. The third kappa shape index (κ3) is 1.38.